The number of thiazole rings is 1. The second kappa shape index (κ2) is 5.31. The third-order valence-electron chi connectivity index (χ3n) is 3.57. The SMILES string of the molecule is Cc1cscc1-c1cn2cc(-c3csc(CO)n3)ccc2n1. The van der Waals surface area contributed by atoms with Crippen LogP contribution in [-0.2, 0) is 6.61 Å². The summed E-state index contributed by atoms with van der Waals surface area (Å²) in [6.07, 6.45) is 4.08. The average molecular weight is 327 g/mol. The van der Waals surface area contributed by atoms with E-state index in [-0.39, 0.29) is 6.61 Å². The molecule has 0 saturated heterocycles. The van der Waals surface area contributed by atoms with Gasteiger partial charge in [-0.2, -0.15) is 11.3 Å². The largest absolute Gasteiger partial charge is 0.389 e. The highest BCUT2D eigenvalue weighted by Gasteiger charge is 2.10. The Kier molecular flexibility index (Phi) is 3.29. The lowest BCUT2D eigenvalue weighted by Crippen LogP contribution is -1.86. The molecule has 0 bridgehead atoms. The minimum atomic E-state index is -0.0143. The molecule has 1 N–H and O–H groups in total. The van der Waals surface area contributed by atoms with E-state index >= 15 is 0 Å². The first-order chi connectivity index (χ1) is 10.7. The summed E-state index contributed by atoms with van der Waals surface area (Å²) in [5.41, 5.74) is 6.26. The Hall–Kier alpha value is -2.02. The summed E-state index contributed by atoms with van der Waals surface area (Å²) in [5.74, 6) is 0. The third-order valence-corrected chi connectivity index (χ3v) is 5.26. The van der Waals surface area contributed by atoms with Crippen LogP contribution in [-0.4, -0.2) is 19.5 Å². The zero-order chi connectivity index (χ0) is 15.1. The summed E-state index contributed by atoms with van der Waals surface area (Å²) >= 11 is 3.17. The summed E-state index contributed by atoms with van der Waals surface area (Å²) in [6, 6.07) is 4.02. The van der Waals surface area contributed by atoms with Crippen molar-refractivity contribution in [2.24, 2.45) is 0 Å². The second-order valence-corrected chi connectivity index (χ2v) is 6.75. The molecule has 4 rings (SSSR count). The maximum atomic E-state index is 9.14. The van der Waals surface area contributed by atoms with Crippen LogP contribution in [0, 0.1) is 6.92 Å². The standard InChI is InChI=1S/C16H13N3OS2/c1-10-7-21-8-12(10)13-5-19-4-11(2-3-15(19)17-13)14-9-22-16(6-20)18-14/h2-5,7-9,20H,6H2,1H3. The first-order valence-corrected chi connectivity index (χ1v) is 8.64. The number of fused-ring (bicyclic) bond motifs is 1. The maximum absolute atomic E-state index is 9.14. The third kappa shape index (κ3) is 2.25. The minimum absolute atomic E-state index is 0.0143. The summed E-state index contributed by atoms with van der Waals surface area (Å²) < 4.78 is 2.03. The number of thiophene rings is 1. The number of pyridine rings is 1. The lowest BCUT2D eigenvalue weighted by molar-refractivity contribution is 0.281. The molecule has 4 aromatic rings. The molecular weight excluding hydrogens is 314 g/mol. The Balaban J connectivity index is 1.79. The number of imidazole rings is 1. The Morgan fingerprint density at radius 2 is 2.00 bits per heavy atom. The number of aliphatic hydroxyl groups is 1. The van der Waals surface area contributed by atoms with Crippen LogP contribution in [0.1, 0.15) is 10.6 Å². The van der Waals surface area contributed by atoms with Gasteiger partial charge in [0.05, 0.1) is 18.0 Å². The van der Waals surface area contributed by atoms with E-state index in [0.29, 0.717) is 0 Å². The van der Waals surface area contributed by atoms with Crippen LogP contribution in [0.4, 0.5) is 0 Å². The molecule has 0 aliphatic heterocycles. The van der Waals surface area contributed by atoms with Gasteiger partial charge in [0.25, 0.3) is 0 Å². The van der Waals surface area contributed by atoms with E-state index in [2.05, 4.69) is 27.7 Å². The van der Waals surface area contributed by atoms with Crippen molar-refractivity contribution < 1.29 is 5.11 Å². The molecule has 0 spiro atoms. The van der Waals surface area contributed by atoms with Crippen LogP contribution in [0.25, 0.3) is 28.2 Å². The number of aliphatic hydroxyl groups excluding tert-OH is 1. The van der Waals surface area contributed by atoms with Crippen LogP contribution in [0.5, 0.6) is 0 Å². The molecule has 0 atom stereocenters. The van der Waals surface area contributed by atoms with Gasteiger partial charge in [-0.3, -0.25) is 0 Å². The molecule has 0 fully saturated rings. The number of hydrogen-bond donors (Lipinski definition) is 1. The molecule has 0 amide bonds. The predicted octanol–water partition coefficient (Wildman–Crippen LogP) is 3.99. The summed E-state index contributed by atoms with van der Waals surface area (Å²) in [6.45, 7) is 2.09. The Bertz CT molecular complexity index is 951. The van der Waals surface area contributed by atoms with E-state index in [4.69, 9.17) is 5.11 Å². The van der Waals surface area contributed by atoms with Crippen molar-refractivity contribution in [1.29, 1.82) is 0 Å². The van der Waals surface area contributed by atoms with Gasteiger partial charge in [0.1, 0.15) is 10.7 Å². The quantitative estimate of drug-likeness (QED) is 0.619. The molecule has 0 radical (unpaired) electrons. The highest BCUT2D eigenvalue weighted by Crippen LogP contribution is 2.28. The van der Waals surface area contributed by atoms with Gasteiger partial charge >= 0.3 is 0 Å². The van der Waals surface area contributed by atoms with Crippen molar-refractivity contribution in [2.45, 2.75) is 13.5 Å². The van der Waals surface area contributed by atoms with Gasteiger partial charge in [0, 0.05) is 34.3 Å². The Morgan fingerprint density at radius 3 is 2.73 bits per heavy atom. The lowest BCUT2D eigenvalue weighted by Gasteiger charge is -1.98. The molecule has 4 nitrogen and oxygen atoms in total. The molecule has 22 heavy (non-hydrogen) atoms. The van der Waals surface area contributed by atoms with E-state index in [1.165, 1.54) is 22.5 Å². The van der Waals surface area contributed by atoms with Crippen molar-refractivity contribution in [2.75, 3.05) is 0 Å². The molecule has 0 aliphatic carbocycles. The van der Waals surface area contributed by atoms with Crippen molar-refractivity contribution in [1.82, 2.24) is 14.4 Å². The highest BCUT2D eigenvalue weighted by molar-refractivity contribution is 7.10. The number of nitrogens with zero attached hydrogens (tertiary/aromatic N) is 3. The summed E-state index contributed by atoms with van der Waals surface area (Å²) in [7, 11) is 0. The van der Waals surface area contributed by atoms with Crippen molar-refractivity contribution >= 4 is 28.3 Å². The minimum Gasteiger partial charge on any atom is -0.389 e. The zero-order valence-corrected chi connectivity index (χ0v) is 13.5. The Labute approximate surface area is 135 Å². The van der Waals surface area contributed by atoms with Gasteiger partial charge in [0.15, 0.2) is 0 Å². The van der Waals surface area contributed by atoms with E-state index in [9.17, 15) is 0 Å². The van der Waals surface area contributed by atoms with E-state index < -0.39 is 0 Å². The smallest absolute Gasteiger partial charge is 0.137 e. The summed E-state index contributed by atoms with van der Waals surface area (Å²) in [4.78, 5) is 9.10. The van der Waals surface area contributed by atoms with Crippen LogP contribution in [0.2, 0.25) is 0 Å². The zero-order valence-electron chi connectivity index (χ0n) is 11.9. The lowest BCUT2D eigenvalue weighted by atomic mass is 10.2. The van der Waals surface area contributed by atoms with Crippen LogP contribution < -0.4 is 0 Å². The second-order valence-electron chi connectivity index (χ2n) is 5.06. The van der Waals surface area contributed by atoms with Crippen molar-refractivity contribution in [3.63, 3.8) is 0 Å². The van der Waals surface area contributed by atoms with Gasteiger partial charge in [-0.1, -0.05) is 0 Å². The monoisotopic (exact) mass is 327 g/mol. The predicted molar refractivity (Wildman–Crippen MR) is 90.3 cm³/mol. The Morgan fingerprint density at radius 1 is 1.09 bits per heavy atom. The molecule has 6 heteroatoms. The summed E-state index contributed by atoms with van der Waals surface area (Å²) in [5, 5.41) is 16.1. The first kappa shape index (κ1) is 13.6. The highest BCUT2D eigenvalue weighted by atomic mass is 32.1. The van der Waals surface area contributed by atoms with Gasteiger partial charge in [0.2, 0.25) is 0 Å². The molecule has 0 saturated carbocycles. The molecule has 0 aromatic carbocycles. The van der Waals surface area contributed by atoms with E-state index in [1.54, 1.807) is 11.3 Å². The molecular formula is C16H13N3OS2. The topological polar surface area (TPSA) is 50.4 Å². The van der Waals surface area contributed by atoms with E-state index in [1.807, 2.05) is 34.3 Å². The van der Waals surface area contributed by atoms with Crippen molar-refractivity contribution in [3.8, 4) is 22.5 Å². The van der Waals surface area contributed by atoms with E-state index in [0.717, 1.165) is 27.6 Å². The number of hydrogen-bond acceptors (Lipinski definition) is 5. The molecule has 4 heterocycles. The van der Waals surface area contributed by atoms with Gasteiger partial charge in [-0.15, -0.1) is 11.3 Å². The molecule has 0 unspecified atom stereocenters. The fourth-order valence-corrected chi connectivity index (χ4v) is 3.92. The van der Waals surface area contributed by atoms with Crippen molar-refractivity contribution in [3.05, 3.63) is 51.2 Å². The fraction of sp³-hybridized carbons (Fsp3) is 0.125. The van der Waals surface area contributed by atoms with Gasteiger partial charge in [-0.25, -0.2) is 9.97 Å². The van der Waals surface area contributed by atoms with Crippen LogP contribution in [0.15, 0.2) is 40.7 Å². The number of aromatic nitrogens is 3. The molecule has 110 valence electrons. The molecule has 4 aromatic heterocycles. The average Bonchev–Trinajstić information content (AvgIpc) is 3.24. The van der Waals surface area contributed by atoms with Gasteiger partial charge < -0.3 is 9.51 Å². The fourth-order valence-electron chi connectivity index (χ4n) is 2.41. The molecule has 0 aliphatic rings. The normalized spacial score (nSPS) is 11.4. The van der Waals surface area contributed by atoms with Gasteiger partial charge in [-0.05, 0) is 30.0 Å². The van der Waals surface area contributed by atoms with Crippen LogP contribution >= 0.6 is 22.7 Å². The van der Waals surface area contributed by atoms with Crippen LogP contribution in [0.3, 0.4) is 0 Å². The number of rotatable bonds is 3. The number of aryl methyl sites for hydroxylation is 1. The maximum Gasteiger partial charge on any atom is 0.137 e. The first-order valence-electron chi connectivity index (χ1n) is 6.82.